The Morgan fingerprint density at radius 2 is 0.931 bits per heavy atom. The van der Waals surface area contributed by atoms with Gasteiger partial charge in [-0.05, 0) is 25.7 Å². The SMILES string of the molecule is CCCCCC(O)CCCCCCCCCCCCCCC(CCC)S(=O)(=O)O. The number of aliphatic hydroxyl groups excluding tert-OH is 1. The molecule has 29 heavy (non-hydrogen) atoms. The van der Waals surface area contributed by atoms with Crippen molar-refractivity contribution >= 4 is 10.1 Å². The molecule has 0 saturated heterocycles. The Labute approximate surface area is 182 Å². The third-order valence-electron chi connectivity index (χ3n) is 5.99. The highest BCUT2D eigenvalue weighted by Gasteiger charge is 2.20. The van der Waals surface area contributed by atoms with Crippen LogP contribution in [0.25, 0.3) is 0 Å². The van der Waals surface area contributed by atoms with Gasteiger partial charge in [-0.1, -0.05) is 117 Å². The molecule has 0 aromatic rings. The van der Waals surface area contributed by atoms with E-state index in [-0.39, 0.29) is 6.10 Å². The van der Waals surface area contributed by atoms with E-state index >= 15 is 0 Å². The predicted octanol–water partition coefficient (Wildman–Crippen LogP) is 7.45. The summed E-state index contributed by atoms with van der Waals surface area (Å²) in [6.45, 7) is 4.16. The molecule has 0 bridgehead atoms. The number of aliphatic hydroxyl groups is 1. The van der Waals surface area contributed by atoms with Gasteiger partial charge in [0.05, 0.1) is 11.4 Å². The highest BCUT2D eigenvalue weighted by Crippen LogP contribution is 2.18. The topological polar surface area (TPSA) is 74.6 Å². The number of rotatable bonds is 22. The average molecular weight is 435 g/mol. The van der Waals surface area contributed by atoms with Crippen LogP contribution in [-0.2, 0) is 10.1 Å². The van der Waals surface area contributed by atoms with Crippen molar-refractivity contribution in [2.24, 2.45) is 0 Å². The summed E-state index contributed by atoms with van der Waals surface area (Å²) >= 11 is 0. The summed E-state index contributed by atoms with van der Waals surface area (Å²) < 4.78 is 31.8. The molecule has 0 aromatic heterocycles. The fourth-order valence-corrected chi connectivity index (χ4v) is 5.06. The second-order valence-corrected chi connectivity index (χ2v) is 10.6. The minimum Gasteiger partial charge on any atom is -0.393 e. The van der Waals surface area contributed by atoms with Crippen molar-refractivity contribution in [2.75, 3.05) is 0 Å². The molecule has 2 unspecified atom stereocenters. The van der Waals surface area contributed by atoms with E-state index < -0.39 is 15.4 Å². The Bertz CT molecular complexity index is 436. The van der Waals surface area contributed by atoms with Gasteiger partial charge in [-0.15, -0.1) is 0 Å². The average Bonchev–Trinajstić information content (AvgIpc) is 2.66. The molecule has 0 aromatic carbocycles. The van der Waals surface area contributed by atoms with Crippen LogP contribution >= 0.6 is 0 Å². The fraction of sp³-hybridized carbons (Fsp3) is 1.00. The first-order valence-electron chi connectivity index (χ1n) is 12.6. The van der Waals surface area contributed by atoms with Gasteiger partial charge in [0.2, 0.25) is 0 Å². The summed E-state index contributed by atoms with van der Waals surface area (Å²) in [5, 5.41) is 9.34. The van der Waals surface area contributed by atoms with Crippen molar-refractivity contribution < 1.29 is 18.1 Å². The molecule has 2 atom stereocenters. The zero-order valence-corrected chi connectivity index (χ0v) is 20.2. The lowest BCUT2D eigenvalue weighted by Crippen LogP contribution is -2.20. The first-order valence-corrected chi connectivity index (χ1v) is 14.1. The summed E-state index contributed by atoms with van der Waals surface area (Å²) in [5.74, 6) is 0. The molecular weight excluding hydrogens is 384 g/mol. The maximum absolute atomic E-state index is 11.3. The minimum atomic E-state index is -3.87. The normalized spacial score (nSPS) is 14.2. The second-order valence-electron chi connectivity index (χ2n) is 8.90. The largest absolute Gasteiger partial charge is 0.393 e. The molecule has 0 radical (unpaired) electrons. The van der Waals surface area contributed by atoms with Gasteiger partial charge in [0.15, 0.2) is 0 Å². The van der Waals surface area contributed by atoms with Gasteiger partial charge in [-0.3, -0.25) is 4.55 Å². The maximum Gasteiger partial charge on any atom is 0.267 e. The Hall–Kier alpha value is -0.130. The van der Waals surface area contributed by atoms with E-state index in [1.807, 2.05) is 6.92 Å². The fourth-order valence-electron chi connectivity index (χ4n) is 4.06. The molecule has 0 heterocycles. The second kappa shape index (κ2) is 19.8. The van der Waals surface area contributed by atoms with Gasteiger partial charge in [-0.2, -0.15) is 8.42 Å². The lowest BCUT2D eigenvalue weighted by atomic mass is 10.0. The van der Waals surface area contributed by atoms with Crippen LogP contribution in [0, 0.1) is 0 Å². The molecule has 4 nitrogen and oxygen atoms in total. The van der Waals surface area contributed by atoms with E-state index in [1.165, 1.54) is 83.5 Å². The standard InChI is InChI=1S/C24H50O4S/c1-3-5-16-20-23(25)21-17-14-12-10-8-6-7-9-11-13-15-18-22-24(19-4-2)29(26,27)28/h23-25H,3-22H2,1-2H3,(H,26,27,28). The van der Waals surface area contributed by atoms with E-state index in [2.05, 4.69) is 6.92 Å². The number of unbranched alkanes of at least 4 members (excludes halogenated alkanes) is 13. The molecular formula is C24H50O4S. The maximum atomic E-state index is 11.3. The number of hydrogen-bond donors (Lipinski definition) is 2. The van der Waals surface area contributed by atoms with E-state index in [9.17, 15) is 18.1 Å². The molecule has 0 amide bonds. The van der Waals surface area contributed by atoms with Crippen LogP contribution in [0.15, 0.2) is 0 Å². The number of hydrogen-bond acceptors (Lipinski definition) is 3. The van der Waals surface area contributed by atoms with Crippen LogP contribution in [0.3, 0.4) is 0 Å². The summed E-state index contributed by atoms with van der Waals surface area (Å²) in [6.07, 6.45) is 22.1. The Morgan fingerprint density at radius 1 is 0.552 bits per heavy atom. The third kappa shape index (κ3) is 19.6. The molecule has 0 saturated carbocycles. The van der Waals surface area contributed by atoms with Crippen LogP contribution in [0.1, 0.15) is 142 Å². The molecule has 2 N–H and O–H groups in total. The van der Waals surface area contributed by atoms with Gasteiger partial charge in [0.25, 0.3) is 10.1 Å². The Kier molecular flexibility index (Phi) is 19.7. The van der Waals surface area contributed by atoms with Gasteiger partial charge < -0.3 is 5.11 Å². The molecule has 0 aliphatic carbocycles. The third-order valence-corrected chi connectivity index (χ3v) is 7.30. The Balaban J connectivity index is 3.33. The predicted molar refractivity (Wildman–Crippen MR) is 125 cm³/mol. The summed E-state index contributed by atoms with van der Waals surface area (Å²) in [6, 6.07) is 0. The van der Waals surface area contributed by atoms with Crippen LogP contribution in [0.5, 0.6) is 0 Å². The highest BCUT2D eigenvalue weighted by molar-refractivity contribution is 7.86. The molecule has 176 valence electrons. The Morgan fingerprint density at radius 3 is 1.31 bits per heavy atom. The highest BCUT2D eigenvalue weighted by atomic mass is 32.2. The van der Waals surface area contributed by atoms with Crippen molar-refractivity contribution in [3.63, 3.8) is 0 Å². The molecule has 0 spiro atoms. The van der Waals surface area contributed by atoms with Crippen molar-refractivity contribution in [3.8, 4) is 0 Å². The first kappa shape index (κ1) is 28.9. The summed E-state index contributed by atoms with van der Waals surface area (Å²) in [5.41, 5.74) is 0. The van der Waals surface area contributed by atoms with Gasteiger partial charge in [0.1, 0.15) is 0 Å². The van der Waals surface area contributed by atoms with Crippen molar-refractivity contribution in [1.29, 1.82) is 0 Å². The van der Waals surface area contributed by atoms with Crippen molar-refractivity contribution in [2.45, 2.75) is 154 Å². The zero-order valence-electron chi connectivity index (χ0n) is 19.4. The van der Waals surface area contributed by atoms with Crippen LogP contribution in [-0.4, -0.2) is 29.4 Å². The van der Waals surface area contributed by atoms with Crippen LogP contribution in [0.2, 0.25) is 0 Å². The van der Waals surface area contributed by atoms with E-state index in [0.717, 1.165) is 32.1 Å². The molecule has 0 aliphatic rings. The minimum absolute atomic E-state index is 0.0767. The zero-order chi connectivity index (χ0) is 21.8. The van der Waals surface area contributed by atoms with Gasteiger partial charge in [-0.25, -0.2) is 0 Å². The molecule has 0 fully saturated rings. The first-order chi connectivity index (χ1) is 13.9. The van der Waals surface area contributed by atoms with E-state index in [0.29, 0.717) is 12.8 Å². The molecule has 5 heteroatoms. The van der Waals surface area contributed by atoms with E-state index in [1.54, 1.807) is 0 Å². The molecule has 0 rings (SSSR count). The quantitative estimate of drug-likeness (QED) is 0.137. The lowest BCUT2D eigenvalue weighted by molar-refractivity contribution is 0.147. The lowest BCUT2D eigenvalue weighted by Gasteiger charge is -2.12. The van der Waals surface area contributed by atoms with Gasteiger partial charge >= 0.3 is 0 Å². The van der Waals surface area contributed by atoms with Crippen LogP contribution in [0.4, 0.5) is 0 Å². The van der Waals surface area contributed by atoms with Crippen molar-refractivity contribution in [1.82, 2.24) is 0 Å². The smallest absolute Gasteiger partial charge is 0.267 e. The van der Waals surface area contributed by atoms with Gasteiger partial charge in [0, 0.05) is 0 Å². The van der Waals surface area contributed by atoms with Crippen LogP contribution < -0.4 is 0 Å². The summed E-state index contributed by atoms with van der Waals surface area (Å²) in [4.78, 5) is 0. The monoisotopic (exact) mass is 434 g/mol. The molecule has 0 aliphatic heterocycles. The van der Waals surface area contributed by atoms with Crippen molar-refractivity contribution in [3.05, 3.63) is 0 Å². The van der Waals surface area contributed by atoms with E-state index in [4.69, 9.17) is 0 Å². The summed E-state index contributed by atoms with van der Waals surface area (Å²) in [7, 11) is -3.87.